The van der Waals surface area contributed by atoms with Gasteiger partial charge in [-0.2, -0.15) is 0 Å². The first-order chi connectivity index (χ1) is 14.6. The largest absolute Gasteiger partial charge is 0.487 e. The van der Waals surface area contributed by atoms with Gasteiger partial charge in [-0.25, -0.2) is 13.8 Å². The quantitative estimate of drug-likeness (QED) is 0.432. The first kappa shape index (κ1) is 21.0. The molecule has 3 heterocycles. The molecule has 1 atom stereocenters. The Balaban J connectivity index is 1.71. The second kappa shape index (κ2) is 7.45. The van der Waals surface area contributed by atoms with Crippen LogP contribution >= 0.6 is 0 Å². The minimum absolute atomic E-state index is 0.0181. The van der Waals surface area contributed by atoms with E-state index in [4.69, 9.17) is 10.1 Å². The Morgan fingerprint density at radius 1 is 1.45 bits per heavy atom. The highest BCUT2D eigenvalue weighted by Gasteiger charge is 2.48. The second-order valence-corrected chi connectivity index (χ2v) is 8.32. The Hall–Kier alpha value is -3.27. The summed E-state index contributed by atoms with van der Waals surface area (Å²) in [5.41, 5.74) is 0.957. The van der Waals surface area contributed by atoms with Crippen LogP contribution in [0.15, 0.2) is 40.8 Å². The number of nitrogens with zero attached hydrogens (tertiary/aromatic N) is 2. The Morgan fingerprint density at radius 3 is 2.84 bits per heavy atom. The van der Waals surface area contributed by atoms with Crippen molar-refractivity contribution >= 4 is 29.7 Å². The fraction of sp³-hybridized carbons (Fsp3) is 0.381. The summed E-state index contributed by atoms with van der Waals surface area (Å²) in [6.45, 7) is 2.86. The van der Waals surface area contributed by atoms with Gasteiger partial charge in [0.2, 0.25) is 0 Å². The summed E-state index contributed by atoms with van der Waals surface area (Å²) in [6, 6.07) is 3.31. The minimum Gasteiger partial charge on any atom is -0.487 e. The molecule has 1 saturated heterocycles. The second-order valence-electron chi connectivity index (χ2n) is 8.32. The van der Waals surface area contributed by atoms with Gasteiger partial charge in [0.1, 0.15) is 23.3 Å². The van der Waals surface area contributed by atoms with Crippen LogP contribution in [0, 0.1) is 5.41 Å². The van der Waals surface area contributed by atoms with E-state index in [1.807, 2.05) is 13.8 Å². The Bertz CT molecular complexity index is 1030. The summed E-state index contributed by atoms with van der Waals surface area (Å²) in [5.74, 6) is -3.13. The molecule has 0 radical (unpaired) electrons. The van der Waals surface area contributed by atoms with Gasteiger partial charge >= 0.3 is 0 Å². The highest BCUT2D eigenvalue weighted by Crippen LogP contribution is 2.43. The van der Waals surface area contributed by atoms with E-state index in [1.165, 1.54) is 11.1 Å². The Morgan fingerprint density at radius 2 is 2.23 bits per heavy atom. The molecule has 4 rings (SSSR count). The number of rotatable bonds is 4. The van der Waals surface area contributed by atoms with Crippen molar-refractivity contribution in [3.8, 4) is 5.75 Å². The highest BCUT2D eigenvalue weighted by atomic mass is 19.3. The van der Waals surface area contributed by atoms with Crippen molar-refractivity contribution in [2.45, 2.75) is 37.9 Å². The number of carbonyl (C=O) groups excluding carboxylic acids is 1. The molecule has 0 aliphatic carbocycles. The molecule has 0 saturated carbocycles. The number of ether oxygens (including phenoxy) is 1. The van der Waals surface area contributed by atoms with Crippen LogP contribution in [0.3, 0.4) is 0 Å². The molecular formula is C21H23F2N5O3. The summed E-state index contributed by atoms with van der Waals surface area (Å²) < 4.78 is 34.0. The van der Waals surface area contributed by atoms with Gasteiger partial charge in [-0.3, -0.25) is 4.79 Å². The molecule has 1 amide bonds. The number of carbonyl (C=O) groups is 1. The number of aliphatic imine (C=N–C) groups is 1. The number of amides is 1. The third kappa shape index (κ3) is 4.02. The third-order valence-electron chi connectivity index (χ3n) is 5.30. The normalized spacial score (nSPS) is 24.3. The van der Waals surface area contributed by atoms with Crippen molar-refractivity contribution in [3.63, 3.8) is 0 Å². The molecule has 1 aromatic carbocycles. The fourth-order valence-corrected chi connectivity index (χ4v) is 3.85. The van der Waals surface area contributed by atoms with Gasteiger partial charge in [0.05, 0.1) is 30.0 Å². The van der Waals surface area contributed by atoms with Crippen molar-refractivity contribution in [2.75, 3.05) is 23.3 Å². The van der Waals surface area contributed by atoms with Crippen LogP contribution in [-0.2, 0) is 11.2 Å². The molecular weight excluding hydrogens is 408 g/mol. The SMILES string of the molecule is CC1(C)Cc2cc(NC(=O)/C(C=N)=C3\N=CC=CN3)c(N3CC(O)C(F)(F)C3)cc2O1. The molecule has 1 unspecified atom stereocenters. The number of β-amino-alcohol motifs (C(OH)–C–C–N with tert-alkyl or cyclic N) is 1. The van der Waals surface area contributed by atoms with Crippen molar-refractivity contribution in [1.82, 2.24) is 5.32 Å². The summed E-state index contributed by atoms with van der Waals surface area (Å²) in [7, 11) is 0. The molecule has 8 nitrogen and oxygen atoms in total. The number of benzene rings is 1. The summed E-state index contributed by atoms with van der Waals surface area (Å²) >= 11 is 0. The number of aliphatic hydroxyl groups excluding tert-OH is 1. The van der Waals surface area contributed by atoms with Gasteiger partial charge in [0.25, 0.3) is 11.8 Å². The van der Waals surface area contributed by atoms with Gasteiger partial charge < -0.3 is 30.8 Å². The van der Waals surface area contributed by atoms with E-state index < -0.39 is 30.1 Å². The number of aliphatic hydroxyl groups is 1. The number of halogens is 2. The van der Waals surface area contributed by atoms with Crippen LogP contribution in [0.25, 0.3) is 0 Å². The first-order valence-corrected chi connectivity index (χ1v) is 9.78. The van der Waals surface area contributed by atoms with Gasteiger partial charge in [-0.15, -0.1) is 0 Å². The number of hydrogen-bond donors (Lipinski definition) is 4. The number of hydrogen-bond acceptors (Lipinski definition) is 7. The van der Waals surface area contributed by atoms with Crippen LogP contribution in [-0.4, -0.2) is 54.2 Å². The van der Waals surface area contributed by atoms with Gasteiger partial charge in [-0.1, -0.05) is 0 Å². The third-order valence-corrected chi connectivity index (χ3v) is 5.30. The monoisotopic (exact) mass is 431 g/mol. The van der Waals surface area contributed by atoms with E-state index >= 15 is 0 Å². The van der Waals surface area contributed by atoms with Crippen LogP contribution in [0.2, 0.25) is 0 Å². The zero-order valence-electron chi connectivity index (χ0n) is 17.1. The van der Waals surface area contributed by atoms with Crippen LogP contribution in [0.1, 0.15) is 19.4 Å². The Kier molecular flexibility index (Phi) is 5.04. The molecule has 0 bridgehead atoms. The van der Waals surface area contributed by atoms with Gasteiger partial charge in [0.15, 0.2) is 0 Å². The van der Waals surface area contributed by atoms with Crippen molar-refractivity contribution in [1.29, 1.82) is 5.41 Å². The average molecular weight is 431 g/mol. The van der Waals surface area contributed by atoms with Gasteiger partial charge in [0, 0.05) is 36.7 Å². The maximum Gasteiger partial charge on any atom is 0.292 e. The molecule has 1 fully saturated rings. The lowest BCUT2D eigenvalue weighted by molar-refractivity contribution is -0.112. The van der Waals surface area contributed by atoms with E-state index in [-0.39, 0.29) is 17.9 Å². The zero-order chi connectivity index (χ0) is 22.4. The maximum absolute atomic E-state index is 14.0. The van der Waals surface area contributed by atoms with Crippen molar-refractivity contribution in [3.05, 3.63) is 41.4 Å². The smallest absolute Gasteiger partial charge is 0.292 e. The predicted molar refractivity (Wildman–Crippen MR) is 113 cm³/mol. The minimum atomic E-state index is -3.27. The lowest BCUT2D eigenvalue weighted by Crippen LogP contribution is -2.31. The van der Waals surface area contributed by atoms with E-state index in [0.717, 1.165) is 11.8 Å². The topological polar surface area (TPSA) is 110 Å². The average Bonchev–Trinajstić information content (AvgIpc) is 3.15. The standard InChI is InChI=1S/C21H23F2N5O3/c1-20(2)8-12-6-14(27-19(30)13(9-24)18-25-4-3-5-26-18)15(7-16(12)31-20)28-10-17(29)21(22,23)11-28/h3-7,9,17,24-25,29H,8,10-11H2,1-2H3,(H,27,30)/b18-13-,24-9?. The van der Waals surface area contributed by atoms with E-state index in [9.17, 15) is 18.7 Å². The number of anilines is 2. The summed E-state index contributed by atoms with van der Waals surface area (Å²) in [6.07, 6.45) is 4.35. The number of nitrogens with one attached hydrogen (secondary N) is 3. The molecule has 31 heavy (non-hydrogen) atoms. The first-order valence-electron chi connectivity index (χ1n) is 9.78. The van der Waals surface area contributed by atoms with Crippen LogP contribution in [0.5, 0.6) is 5.75 Å². The van der Waals surface area contributed by atoms with Crippen molar-refractivity contribution < 1.29 is 23.4 Å². The molecule has 4 N–H and O–H groups in total. The van der Waals surface area contributed by atoms with Crippen LogP contribution < -0.4 is 20.3 Å². The van der Waals surface area contributed by atoms with E-state index in [2.05, 4.69) is 15.6 Å². The number of fused-ring (bicyclic) bond motifs is 1. The molecule has 0 spiro atoms. The summed E-state index contributed by atoms with van der Waals surface area (Å²) in [5, 5.41) is 22.9. The van der Waals surface area contributed by atoms with E-state index in [0.29, 0.717) is 23.5 Å². The predicted octanol–water partition coefficient (Wildman–Crippen LogP) is 2.20. The molecule has 3 aliphatic rings. The highest BCUT2D eigenvalue weighted by molar-refractivity contribution is 6.18. The lowest BCUT2D eigenvalue weighted by atomic mass is 10.0. The molecule has 3 aliphatic heterocycles. The van der Waals surface area contributed by atoms with Gasteiger partial charge in [-0.05, 0) is 26.0 Å². The Labute approximate surface area is 177 Å². The molecule has 164 valence electrons. The number of alkyl halides is 2. The van der Waals surface area contributed by atoms with E-state index in [1.54, 1.807) is 24.4 Å². The fourth-order valence-electron chi connectivity index (χ4n) is 3.85. The number of allylic oxidation sites excluding steroid dienone is 1. The summed E-state index contributed by atoms with van der Waals surface area (Å²) in [4.78, 5) is 18.3. The molecule has 1 aromatic rings. The molecule has 10 heteroatoms. The lowest BCUT2D eigenvalue weighted by Gasteiger charge is -2.23. The molecule has 0 aromatic heterocycles. The maximum atomic E-state index is 14.0. The zero-order valence-corrected chi connectivity index (χ0v) is 17.1. The van der Waals surface area contributed by atoms with Crippen LogP contribution in [0.4, 0.5) is 20.2 Å². The van der Waals surface area contributed by atoms with Crippen molar-refractivity contribution in [2.24, 2.45) is 4.99 Å².